The molecule has 2 aliphatic rings. The zero-order chi connectivity index (χ0) is 21.1. The van der Waals surface area contributed by atoms with E-state index >= 15 is 0 Å². The van der Waals surface area contributed by atoms with Crippen molar-refractivity contribution in [1.29, 1.82) is 0 Å². The number of rotatable bonds is 5. The Morgan fingerprint density at radius 1 is 1.20 bits per heavy atom. The molecule has 10 nitrogen and oxygen atoms in total. The van der Waals surface area contributed by atoms with Gasteiger partial charge in [-0.15, -0.1) is 5.53 Å². The number of morpholine rings is 1. The molecule has 4 rings (SSSR count). The molecule has 1 saturated heterocycles. The molecule has 0 aromatic carbocycles. The number of carbonyl (C=O) groups excluding carboxylic acids is 2. The van der Waals surface area contributed by atoms with Crippen molar-refractivity contribution in [3.8, 4) is 0 Å². The van der Waals surface area contributed by atoms with E-state index in [0.717, 1.165) is 24.6 Å². The highest BCUT2D eigenvalue weighted by Gasteiger charge is 2.19. The number of aromatic nitrogens is 2. The average Bonchev–Trinajstić information content (AvgIpc) is 3.26. The topological polar surface area (TPSA) is 112 Å². The second-order valence-corrected chi connectivity index (χ2v) is 6.99. The summed E-state index contributed by atoms with van der Waals surface area (Å²) in [4.78, 5) is 35.2. The number of pyridine rings is 2. The van der Waals surface area contributed by atoms with E-state index in [0.29, 0.717) is 35.8 Å². The van der Waals surface area contributed by atoms with Crippen LogP contribution in [-0.4, -0.2) is 48.0 Å². The predicted octanol–water partition coefficient (Wildman–Crippen LogP) is 1.13. The van der Waals surface area contributed by atoms with Crippen molar-refractivity contribution < 1.29 is 14.3 Å². The van der Waals surface area contributed by atoms with Crippen LogP contribution in [0.5, 0.6) is 0 Å². The van der Waals surface area contributed by atoms with Gasteiger partial charge in [-0.05, 0) is 25.1 Å². The fourth-order valence-electron chi connectivity index (χ4n) is 3.18. The fourth-order valence-corrected chi connectivity index (χ4v) is 3.18. The summed E-state index contributed by atoms with van der Waals surface area (Å²) in [6, 6.07) is 5.24. The van der Waals surface area contributed by atoms with Gasteiger partial charge in [0.1, 0.15) is 11.5 Å². The first-order valence-corrected chi connectivity index (χ1v) is 9.61. The molecule has 4 heterocycles. The molecule has 3 N–H and O–H groups in total. The van der Waals surface area contributed by atoms with Crippen LogP contribution in [0.3, 0.4) is 0 Å². The monoisotopic (exact) mass is 409 g/mol. The van der Waals surface area contributed by atoms with E-state index in [2.05, 4.69) is 31.1 Å². The molecule has 2 aromatic heterocycles. The van der Waals surface area contributed by atoms with E-state index in [1.54, 1.807) is 41.8 Å². The SMILES string of the molecule is CC(=O)C1=CN(c2cc(NC(=O)c3ccnc(N4CCOCC4)c3)cnc2C)NN1. The van der Waals surface area contributed by atoms with Crippen LogP contribution in [-0.2, 0) is 9.53 Å². The molecule has 156 valence electrons. The maximum atomic E-state index is 12.8. The molecular formula is C20H23N7O3. The molecule has 0 saturated carbocycles. The van der Waals surface area contributed by atoms with Gasteiger partial charge in [0, 0.05) is 31.8 Å². The number of nitrogens with zero attached hydrogens (tertiary/aromatic N) is 4. The van der Waals surface area contributed by atoms with E-state index in [9.17, 15) is 9.59 Å². The summed E-state index contributed by atoms with van der Waals surface area (Å²) in [6.07, 6.45) is 4.88. The van der Waals surface area contributed by atoms with Gasteiger partial charge in [0.15, 0.2) is 5.78 Å². The Bertz CT molecular complexity index is 1000. The summed E-state index contributed by atoms with van der Waals surface area (Å²) in [5.41, 5.74) is 8.64. The minimum atomic E-state index is -0.254. The average molecular weight is 409 g/mol. The van der Waals surface area contributed by atoms with Gasteiger partial charge in [0.05, 0.1) is 42.7 Å². The van der Waals surface area contributed by atoms with Crippen molar-refractivity contribution in [2.24, 2.45) is 0 Å². The second kappa shape index (κ2) is 8.47. The lowest BCUT2D eigenvalue weighted by Gasteiger charge is -2.27. The smallest absolute Gasteiger partial charge is 0.255 e. The van der Waals surface area contributed by atoms with Crippen LogP contribution in [0, 0.1) is 6.92 Å². The number of carbonyl (C=O) groups is 2. The number of hydrogen-bond donors (Lipinski definition) is 3. The van der Waals surface area contributed by atoms with Crippen molar-refractivity contribution in [2.75, 3.05) is 41.5 Å². The Morgan fingerprint density at radius 2 is 2.00 bits per heavy atom. The van der Waals surface area contributed by atoms with E-state index in [1.165, 1.54) is 6.92 Å². The first kappa shape index (κ1) is 19.8. The van der Waals surface area contributed by atoms with Gasteiger partial charge in [0.25, 0.3) is 5.91 Å². The molecular weight excluding hydrogens is 386 g/mol. The number of ether oxygens (including phenoxy) is 1. The van der Waals surface area contributed by atoms with Crippen molar-refractivity contribution in [3.05, 3.63) is 53.7 Å². The lowest BCUT2D eigenvalue weighted by atomic mass is 10.2. The lowest BCUT2D eigenvalue weighted by Crippen LogP contribution is -2.37. The Balaban J connectivity index is 1.51. The zero-order valence-corrected chi connectivity index (χ0v) is 16.8. The molecule has 1 fully saturated rings. The maximum Gasteiger partial charge on any atom is 0.255 e. The summed E-state index contributed by atoms with van der Waals surface area (Å²) < 4.78 is 5.37. The quantitative estimate of drug-likeness (QED) is 0.669. The molecule has 0 aliphatic carbocycles. The van der Waals surface area contributed by atoms with Gasteiger partial charge in [-0.1, -0.05) is 0 Å². The Hall–Kier alpha value is -3.50. The molecule has 0 bridgehead atoms. The third-order valence-corrected chi connectivity index (χ3v) is 4.87. The first-order valence-electron chi connectivity index (χ1n) is 9.61. The summed E-state index contributed by atoms with van der Waals surface area (Å²) in [6.45, 7) is 6.11. The zero-order valence-electron chi connectivity index (χ0n) is 16.8. The molecule has 30 heavy (non-hydrogen) atoms. The molecule has 0 radical (unpaired) electrons. The van der Waals surface area contributed by atoms with Gasteiger partial charge in [-0.2, -0.15) is 0 Å². The van der Waals surface area contributed by atoms with Gasteiger partial charge in [0.2, 0.25) is 0 Å². The number of aryl methyl sites for hydroxylation is 1. The highest BCUT2D eigenvalue weighted by atomic mass is 16.5. The molecule has 0 atom stereocenters. The second-order valence-electron chi connectivity index (χ2n) is 6.99. The minimum Gasteiger partial charge on any atom is -0.378 e. The summed E-state index contributed by atoms with van der Waals surface area (Å²) >= 11 is 0. The molecule has 0 spiro atoms. The Labute approximate surface area is 173 Å². The van der Waals surface area contributed by atoms with Gasteiger partial charge < -0.3 is 15.0 Å². The van der Waals surface area contributed by atoms with Crippen LogP contribution in [0.25, 0.3) is 0 Å². The Morgan fingerprint density at radius 3 is 2.73 bits per heavy atom. The number of anilines is 3. The predicted molar refractivity (Wildman–Crippen MR) is 112 cm³/mol. The van der Waals surface area contributed by atoms with E-state index < -0.39 is 0 Å². The van der Waals surface area contributed by atoms with Crippen LogP contribution in [0.1, 0.15) is 23.0 Å². The number of Topliss-reactive ketones (excluding diaryl/α,β-unsaturated/α-hetero) is 1. The number of hydrogen-bond acceptors (Lipinski definition) is 9. The van der Waals surface area contributed by atoms with Gasteiger partial charge >= 0.3 is 0 Å². The normalized spacial score (nSPS) is 16.1. The summed E-state index contributed by atoms with van der Waals surface area (Å²) in [5.74, 6) is 0.410. The van der Waals surface area contributed by atoms with Crippen molar-refractivity contribution in [2.45, 2.75) is 13.8 Å². The maximum absolute atomic E-state index is 12.8. The number of allylic oxidation sites excluding steroid dienone is 1. The highest BCUT2D eigenvalue weighted by Crippen LogP contribution is 2.24. The van der Waals surface area contributed by atoms with Gasteiger partial charge in [-0.25, -0.2) is 4.98 Å². The molecule has 1 amide bonds. The summed E-state index contributed by atoms with van der Waals surface area (Å²) in [7, 11) is 0. The number of hydrazine groups is 2. The third kappa shape index (κ3) is 4.24. The standard InChI is InChI=1S/C20H23N7O3/c1-13-18(27-12-17(14(2)28)24-25-27)10-16(11-22-13)23-20(29)15-3-4-21-19(9-15)26-5-7-30-8-6-26/h3-4,9-12,24-25H,5-8H2,1-2H3,(H,23,29). The van der Waals surface area contributed by atoms with Gasteiger partial charge in [-0.3, -0.25) is 25.0 Å². The van der Waals surface area contributed by atoms with Crippen LogP contribution in [0.15, 0.2) is 42.5 Å². The molecule has 2 aliphatic heterocycles. The van der Waals surface area contributed by atoms with Crippen molar-refractivity contribution in [1.82, 2.24) is 20.9 Å². The number of amides is 1. The van der Waals surface area contributed by atoms with E-state index in [4.69, 9.17) is 4.74 Å². The van der Waals surface area contributed by atoms with E-state index in [1.807, 2.05) is 6.92 Å². The summed E-state index contributed by atoms with van der Waals surface area (Å²) in [5, 5.41) is 4.53. The molecule has 10 heteroatoms. The number of ketones is 1. The molecule has 2 aromatic rings. The third-order valence-electron chi connectivity index (χ3n) is 4.87. The van der Waals surface area contributed by atoms with Crippen molar-refractivity contribution >= 4 is 28.9 Å². The highest BCUT2D eigenvalue weighted by molar-refractivity contribution is 6.04. The lowest BCUT2D eigenvalue weighted by molar-refractivity contribution is -0.113. The fraction of sp³-hybridized carbons (Fsp3) is 0.300. The molecule has 0 unspecified atom stereocenters. The van der Waals surface area contributed by atoms with E-state index in [-0.39, 0.29) is 11.7 Å². The van der Waals surface area contributed by atoms with Crippen molar-refractivity contribution in [3.63, 3.8) is 0 Å². The largest absolute Gasteiger partial charge is 0.378 e. The van der Waals surface area contributed by atoms with Crippen LogP contribution >= 0.6 is 0 Å². The van der Waals surface area contributed by atoms with Crippen LogP contribution in [0.4, 0.5) is 17.2 Å². The van der Waals surface area contributed by atoms with Crippen LogP contribution in [0.2, 0.25) is 0 Å². The Kier molecular flexibility index (Phi) is 5.59. The first-order chi connectivity index (χ1) is 14.5. The minimum absolute atomic E-state index is 0.0890. The number of nitrogens with one attached hydrogen (secondary N) is 3. The van der Waals surface area contributed by atoms with Crippen LogP contribution < -0.4 is 26.2 Å².